The molecule has 0 aliphatic heterocycles. The van der Waals surface area contributed by atoms with E-state index in [4.69, 9.17) is 5.73 Å². The highest BCUT2D eigenvalue weighted by atomic mass is 32.1. The van der Waals surface area contributed by atoms with Crippen molar-refractivity contribution in [1.82, 2.24) is 14.5 Å². The molecule has 4 nitrogen and oxygen atoms in total. The molecule has 0 aliphatic carbocycles. The zero-order valence-electron chi connectivity index (χ0n) is 14.1. The maximum Gasteiger partial charge on any atom is 0.181 e. The van der Waals surface area contributed by atoms with Crippen molar-refractivity contribution in [3.63, 3.8) is 0 Å². The van der Waals surface area contributed by atoms with Crippen molar-refractivity contribution in [2.24, 2.45) is 0 Å². The molecule has 2 heterocycles. The van der Waals surface area contributed by atoms with Crippen LogP contribution >= 0.6 is 11.3 Å². The summed E-state index contributed by atoms with van der Waals surface area (Å²) in [6, 6.07) is 18.6. The predicted molar refractivity (Wildman–Crippen MR) is 104 cm³/mol. The smallest absolute Gasteiger partial charge is 0.181 e. The fourth-order valence-corrected chi connectivity index (χ4v) is 3.74. The summed E-state index contributed by atoms with van der Waals surface area (Å²) in [5, 5.41) is 0.578. The molecule has 0 amide bonds. The van der Waals surface area contributed by atoms with Gasteiger partial charge in [0.1, 0.15) is 0 Å². The highest BCUT2D eigenvalue weighted by molar-refractivity contribution is 7.19. The van der Waals surface area contributed by atoms with Crippen molar-refractivity contribution in [2.45, 2.75) is 13.8 Å². The molecule has 0 spiro atoms. The first-order valence-electron chi connectivity index (χ1n) is 8.06. The Balaban J connectivity index is 1.84. The molecule has 2 aromatic carbocycles. The van der Waals surface area contributed by atoms with E-state index < -0.39 is 0 Å². The van der Waals surface area contributed by atoms with Crippen molar-refractivity contribution in [3.8, 4) is 27.4 Å². The first-order chi connectivity index (χ1) is 12.1. The van der Waals surface area contributed by atoms with E-state index >= 15 is 0 Å². The van der Waals surface area contributed by atoms with Gasteiger partial charge in [0.05, 0.1) is 22.6 Å². The Morgan fingerprint density at radius 1 is 0.960 bits per heavy atom. The van der Waals surface area contributed by atoms with Crippen molar-refractivity contribution in [1.29, 1.82) is 0 Å². The quantitative estimate of drug-likeness (QED) is 0.576. The van der Waals surface area contributed by atoms with Crippen LogP contribution in [0.5, 0.6) is 0 Å². The second-order valence-electron chi connectivity index (χ2n) is 5.93. The molecule has 0 fully saturated rings. The molecule has 0 saturated heterocycles. The van der Waals surface area contributed by atoms with E-state index in [2.05, 4.69) is 51.8 Å². The van der Waals surface area contributed by atoms with Gasteiger partial charge in [-0.1, -0.05) is 53.8 Å². The number of thiazole rings is 1. The third kappa shape index (κ3) is 2.83. The predicted octanol–water partition coefficient (Wildman–Crippen LogP) is 4.86. The SMILES string of the molecule is Cc1ncn(-c2cccc(-c3nc(N)sc3-c3ccccc3)c2)c1C. The van der Waals surface area contributed by atoms with Gasteiger partial charge in [-0.15, -0.1) is 0 Å². The molecule has 4 rings (SSSR count). The lowest BCUT2D eigenvalue weighted by Crippen LogP contribution is -1.96. The Kier molecular flexibility index (Phi) is 3.86. The fourth-order valence-electron chi connectivity index (χ4n) is 2.88. The average Bonchev–Trinajstić information content (AvgIpc) is 3.19. The molecule has 124 valence electrons. The third-order valence-corrected chi connectivity index (χ3v) is 5.26. The summed E-state index contributed by atoms with van der Waals surface area (Å²) >= 11 is 1.52. The number of nitrogens with two attached hydrogens (primary N) is 1. The summed E-state index contributed by atoms with van der Waals surface area (Å²) in [6.45, 7) is 4.09. The van der Waals surface area contributed by atoms with Crippen molar-refractivity contribution in [3.05, 3.63) is 72.3 Å². The second-order valence-corrected chi connectivity index (χ2v) is 6.96. The van der Waals surface area contributed by atoms with Gasteiger partial charge in [0, 0.05) is 16.9 Å². The molecule has 0 radical (unpaired) electrons. The van der Waals surface area contributed by atoms with E-state index in [1.165, 1.54) is 11.3 Å². The number of aromatic nitrogens is 3. The molecule has 2 aromatic heterocycles. The Morgan fingerprint density at radius 3 is 2.44 bits per heavy atom. The summed E-state index contributed by atoms with van der Waals surface area (Å²) < 4.78 is 2.09. The highest BCUT2D eigenvalue weighted by Gasteiger charge is 2.14. The van der Waals surface area contributed by atoms with Gasteiger partial charge in [-0.05, 0) is 31.5 Å². The number of hydrogen-bond donors (Lipinski definition) is 1. The van der Waals surface area contributed by atoms with Crippen LogP contribution in [0.1, 0.15) is 11.4 Å². The van der Waals surface area contributed by atoms with Crippen molar-refractivity contribution in [2.75, 3.05) is 5.73 Å². The lowest BCUT2D eigenvalue weighted by molar-refractivity contribution is 1.00. The number of rotatable bonds is 3. The summed E-state index contributed by atoms with van der Waals surface area (Å²) in [4.78, 5) is 10.1. The van der Waals surface area contributed by atoms with Gasteiger partial charge in [0.2, 0.25) is 0 Å². The van der Waals surface area contributed by atoms with Crippen LogP contribution in [0.3, 0.4) is 0 Å². The van der Waals surface area contributed by atoms with Gasteiger partial charge in [0.25, 0.3) is 0 Å². The highest BCUT2D eigenvalue weighted by Crippen LogP contribution is 2.38. The van der Waals surface area contributed by atoms with E-state index in [1.54, 1.807) is 0 Å². The lowest BCUT2D eigenvalue weighted by atomic mass is 10.1. The summed E-state index contributed by atoms with van der Waals surface area (Å²) in [5.74, 6) is 0. The second kappa shape index (κ2) is 6.18. The Hall–Kier alpha value is -2.92. The minimum Gasteiger partial charge on any atom is -0.375 e. The van der Waals surface area contributed by atoms with Crippen LogP contribution in [-0.4, -0.2) is 14.5 Å². The Morgan fingerprint density at radius 2 is 1.72 bits per heavy atom. The van der Waals surface area contributed by atoms with E-state index in [0.717, 1.165) is 38.8 Å². The summed E-state index contributed by atoms with van der Waals surface area (Å²) in [6.07, 6.45) is 1.86. The van der Waals surface area contributed by atoms with Gasteiger partial charge in [0.15, 0.2) is 5.13 Å². The fraction of sp³-hybridized carbons (Fsp3) is 0.100. The largest absolute Gasteiger partial charge is 0.375 e. The molecule has 0 unspecified atom stereocenters. The molecule has 25 heavy (non-hydrogen) atoms. The zero-order valence-corrected chi connectivity index (χ0v) is 14.9. The summed E-state index contributed by atoms with van der Waals surface area (Å²) in [7, 11) is 0. The van der Waals surface area contributed by atoms with Crippen LogP contribution in [0.25, 0.3) is 27.4 Å². The molecule has 0 atom stereocenters. The van der Waals surface area contributed by atoms with Crippen LogP contribution in [0, 0.1) is 13.8 Å². The van der Waals surface area contributed by atoms with Crippen LogP contribution < -0.4 is 5.73 Å². The minimum absolute atomic E-state index is 0.578. The van der Waals surface area contributed by atoms with Crippen LogP contribution in [0.2, 0.25) is 0 Å². The minimum atomic E-state index is 0.578. The number of imidazole rings is 1. The van der Waals surface area contributed by atoms with Gasteiger partial charge in [-0.2, -0.15) is 0 Å². The molecular weight excluding hydrogens is 328 g/mol. The molecule has 0 bridgehead atoms. The van der Waals surface area contributed by atoms with Crippen LogP contribution in [0.15, 0.2) is 60.9 Å². The standard InChI is InChI=1S/C20H18N4S/c1-13-14(2)24(12-22-13)17-10-6-9-16(11-17)18-19(25-20(21)23-18)15-7-4-3-5-8-15/h3-12H,1-2H3,(H2,21,23). The number of nitrogen functional groups attached to an aromatic ring is 1. The Bertz CT molecular complexity index is 1030. The lowest BCUT2D eigenvalue weighted by Gasteiger charge is -2.08. The first-order valence-corrected chi connectivity index (χ1v) is 8.88. The van der Waals surface area contributed by atoms with E-state index in [1.807, 2.05) is 37.5 Å². The van der Waals surface area contributed by atoms with Gasteiger partial charge in [-0.25, -0.2) is 9.97 Å². The third-order valence-electron chi connectivity index (χ3n) is 4.33. The van der Waals surface area contributed by atoms with E-state index in [9.17, 15) is 0 Å². The van der Waals surface area contributed by atoms with Crippen LogP contribution in [-0.2, 0) is 0 Å². The van der Waals surface area contributed by atoms with Gasteiger partial charge < -0.3 is 10.3 Å². The molecule has 0 saturated carbocycles. The average molecular weight is 346 g/mol. The van der Waals surface area contributed by atoms with Crippen LogP contribution in [0.4, 0.5) is 5.13 Å². The van der Waals surface area contributed by atoms with E-state index in [0.29, 0.717) is 5.13 Å². The zero-order chi connectivity index (χ0) is 17.4. The topological polar surface area (TPSA) is 56.7 Å². The Labute approximate surface area is 150 Å². The number of aryl methyl sites for hydroxylation is 1. The van der Waals surface area contributed by atoms with Crippen molar-refractivity contribution < 1.29 is 0 Å². The molecule has 0 aliphatic rings. The molecular formula is C20H18N4S. The maximum absolute atomic E-state index is 6.02. The number of anilines is 1. The molecule has 5 heteroatoms. The maximum atomic E-state index is 6.02. The number of hydrogen-bond acceptors (Lipinski definition) is 4. The van der Waals surface area contributed by atoms with E-state index in [-0.39, 0.29) is 0 Å². The normalized spacial score (nSPS) is 11.0. The van der Waals surface area contributed by atoms with Gasteiger partial charge in [-0.3, -0.25) is 0 Å². The van der Waals surface area contributed by atoms with Crippen molar-refractivity contribution >= 4 is 16.5 Å². The number of benzene rings is 2. The number of nitrogens with zero attached hydrogens (tertiary/aromatic N) is 3. The monoisotopic (exact) mass is 346 g/mol. The summed E-state index contributed by atoms with van der Waals surface area (Å²) in [5.41, 5.74) is 12.4. The molecule has 4 aromatic rings. The molecule has 2 N–H and O–H groups in total. The van der Waals surface area contributed by atoms with Gasteiger partial charge >= 0.3 is 0 Å². The first kappa shape index (κ1) is 15.6.